The van der Waals surface area contributed by atoms with Crippen LogP contribution in [-0.4, -0.2) is 47.3 Å². The summed E-state index contributed by atoms with van der Waals surface area (Å²) in [4.78, 5) is 19.8. The van der Waals surface area contributed by atoms with E-state index in [1.807, 2.05) is 18.6 Å². The number of aliphatic hydroxyl groups is 1. The van der Waals surface area contributed by atoms with Crippen molar-refractivity contribution in [2.75, 3.05) is 11.6 Å². The van der Waals surface area contributed by atoms with Crippen molar-refractivity contribution in [2.45, 2.75) is 58.1 Å². The molecule has 1 amide bonds. The lowest BCUT2D eigenvalue weighted by Crippen LogP contribution is -2.43. The highest BCUT2D eigenvalue weighted by molar-refractivity contribution is 7.89. The van der Waals surface area contributed by atoms with Crippen molar-refractivity contribution in [1.82, 2.24) is 14.7 Å². The fraction of sp³-hybridized carbons (Fsp3) is 0.600. The van der Waals surface area contributed by atoms with Gasteiger partial charge in [-0.25, -0.2) is 18.1 Å². The van der Waals surface area contributed by atoms with Crippen LogP contribution < -0.4 is 10.0 Å². The summed E-state index contributed by atoms with van der Waals surface area (Å²) in [5.41, 5.74) is 0.654. The molecule has 2 heterocycles. The van der Waals surface area contributed by atoms with Gasteiger partial charge >= 0.3 is 0 Å². The quantitative estimate of drug-likeness (QED) is 0.567. The summed E-state index contributed by atoms with van der Waals surface area (Å²) in [5, 5.41) is 15.0. The van der Waals surface area contributed by atoms with E-state index in [4.69, 9.17) is 0 Å². The Hall–Kier alpha value is -2.13. The van der Waals surface area contributed by atoms with E-state index < -0.39 is 21.5 Å². The molecule has 1 aliphatic carbocycles. The first-order chi connectivity index (χ1) is 13.5. The molecular formula is C20H30N4O4S. The second-order valence-electron chi connectivity index (χ2n) is 8.51. The van der Waals surface area contributed by atoms with Crippen molar-refractivity contribution in [3.05, 3.63) is 24.0 Å². The third-order valence-electron chi connectivity index (χ3n) is 5.92. The molecule has 4 atom stereocenters. The summed E-state index contributed by atoms with van der Waals surface area (Å²) in [7, 11) is -3.70. The van der Waals surface area contributed by atoms with Crippen molar-refractivity contribution in [2.24, 2.45) is 11.8 Å². The number of fused-ring (bicyclic) bond motifs is 1. The van der Waals surface area contributed by atoms with Gasteiger partial charge < -0.3 is 15.4 Å². The number of carbonyl (C=O) groups is 1. The monoisotopic (exact) mass is 422 g/mol. The van der Waals surface area contributed by atoms with Gasteiger partial charge in [-0.15, -0.1) is 0 Å². The van der Waals surface area contributed by atoms with Crippen LogP contribution in [0.5, 0.6) is 0 Å². The van der Waals surface area contributed by atoms with Crippen LogP contribution in [0.1, 0.15) is 56.8 Å². The standard InChI is InChI=1S/C20H30N4O4S/c1-5-20(26)9-12(2)8-14(10-20)13(3)23-17-15-6-7-21-18(15)22-11-16(17)19(25)24-29(4,27)28/h6-7,11-14,26H,5,8-10H2,1-4H3,(H,24,25)(H2,21,22,23)/t12?,13-,14-,20-/m0/s1. The van der Waals surface area contributed by atoms with Crippen LogP contribution in [0, 0.1) is 11.8 Å². The lowest BCUT2D eigenvalue weighted by molar-refractivity contribution is -0.0394. The highest BCUT2D eigenvalue weighted by Gasteiger charge is 2.38. The fourth-order valence-corrected chi connectivity index (χ4v) is 4.92. The highest BCUT2D eigenvalue weighted by atomic mass is 32.2. The van der Waals surface area contributed by atoms with Crippen LogP contribution in [0.25, 0.3) is 11.0 Å². The number of amides is 1. The van der Waals surface area contributed by atoms with Gasteiger partial charge in [0.05, 0.1) is 23.1 Å². The molecule has 0 spiro atoms. The van der Waals surface area contributed by atoms with Gasteiger partial charge in [0, 0.05) is 23.8 Å². The number of nitrogens with zero attached hydrogens (tertiary/aromatic N) is 1. The Kier molecular flexibility index (Phi) is 5.91. The number of sulfonamides is 1. The van der Waals surface area contributed by atoms with E-state index in [1.54, 1.807) is 12.3 Å². The van der Waals surface area contributed by atoms with Gasteiger partial charge in [-0.3, -0.25) is 4.79 Å². The molecule has 9 heteroatoms. The van der Waals surface area contributed by atoms with Gasteiger partial charge in [-0.2, -0.15) is 0 Å². The Morgan fingerprint density at radius 1 is 1.45 bits per heavy atom. The average Bonchev–Trinajstić information content (AvgIpc) is 3.08. The van der Waals surface area contributed by atoms with Gasteiger partial charge in [-0.05, 0) is 50.5 Å². The first-order valence-corrected chi connectivity index (χ1v) is 11.9. The van der Waals surface area contributed by atoms with Crippen molar-refractivity contribution in [3.63, 3.8) is 0 Å². The molecule has 2 aromatic rings. The van der Waals surface area contributed by atoms with E-state index in [0.717, 1.165) is 19.1 Å². The van der Waals surface area contributed by atoms with E-state index in [9.17, 15) is 18.3 Å². The molecule has 0 radical (unpaired) electrons. The maximum Gasteiger partial charge on any atom is 0.268 e. The molecule has 0 aliphatic heterocycles. The van der Waals surface area contributed by atoms with Crippen LogP contribution in [0.4, 0.5) is 5.69 Å². The number of nitrogens with one attached hydrogen (secondary N) is 3. The molecule has 4 N–H and O–H groups in total. The maximum absolute atomic E-state index is 12.6. The number of anilines is 1. The van der Waals surface area contributed by atoms with Gasteiger partial charge in [0.2, 0.25) is 10.0 Å². The van der Waals surface area contributed by atoms with Gasteiger partial charge in [0.1, 0.15) is 5.65 Å². The third-order valence-corrected chi connectivity index (χ3v) is 6.48. The third kappa shape index (κ3) is 4.90. The Labute approximate surface area is 171 Å². The lowest BCUT2D eigenvalue weighted by Gasteiger charge is -2.42. The molecule has 1 saturated carbocycles. The molecule has 1 aliphatic rings. The molecule has 0 saturated heterocycles. The molecule has 29 heavy (non-hydrogen) atoms. The highest BCUT2D eigenvalue weighted by Crippen LogP contribution is 2.40. The van der Waals surface area contributed by atoms with Crippen molar-refractivity contribution in [1.29, 1.82) is 0 Å². The van der Waals surface area contributed by atoms with Gasteiger partial charge in [-0.1, -0.05) is 13.8 Å². The Morgan fingerprint density at radius 3 is 2.83 bits per heavy atom. The topological polar surface area (TPSA) is 124 Å². The summed E-state index contributed by atoms with van der Waals surface area (Å²) in [6.07, 6.45) is 7.21. The SMILES string of the molecule is CC[C@]1(O)CC(C)C[C@H]([C@H](C)Nc2c(C(=O)NS(C)(=O)=O)cnc3[nH]ccc23)C1. The largest absolute Gasteiger partial charge is 0.390 e. The molecule has 1 unspecified atom stereocenters. The predicted molar refractivity (Wildman–Crippen MR) is 113 cm³/mol. The first-order valence-electron chi connectivity index (χ1n) is 9.98. The summed E-state index contributed by atoms with van der Waals surface area (Å²) in [5.74, 6) is -0.0998. The van der Waals surface area contributed by atoms with Crippen LogP contribution >= 0.6 is 0 Å². The van der Waals surface area contributed by atoms with Crippen LogP contribution in [0.2, 0.25) is 0 Å². The fourth-order valence-electron chi connectivity index (χ4n) is 4.48. The van der Waals surface area contributed by atoms with Gasteiger partial charge in [0.15, 0.2) is 0 Å². The zero-order valence-corrected chi connectivity index (χ0v) is 18.1. The minimum Gasteiger partial charge on any atom is -0.390 e. The van der Waals surface area contributed by atoms with Crippen molar-refractivity contribution >= 4 is 32.7 Å². The summed E-state index contributed by atoms with van der Waals surface area (Å²) in [6, 6.07) is 1.78. The minimum absolute atomic E-state index is 0.0268. The van der Waals surface area contributed by atoms with Crippen LogP contribution in [0.15, 0.2) is 18.5 Å². The number of aromatic amines is 1. The molecule has 1 fully saturated rings. The number of hydrogen-bond acceptors (Lipinski definition) is 6. The second-order valence-corrected chi connectivity index (χ2v) is 10.3. The number of rotatable bonds is 6. The normalized spacial score (nSPS) is 26.2. The van der Waals surface area contributed by atoms with Crippen LogP contribution in [-0.2, 0) is 10.0 Å². The zero-order valence-electron chi connectivity index (χ0n) is 17.3. The summed E-state index contributed by atoms with van der Waals surface area (Å²) < 4.78 is 25.1. The van der Waals surface area contributed by atoms with E-state index in [1.165, 1.54) is 6.20 Å². The Balaban J connectivity index is 1.93. The smallest absolute Gasteiger partial charge is 0.268 e. The molecule has 0 aromatic carbocycles. The van der Waals surface area contributed by atoms with Crippen molar-refractivity contribution < 1.29 is 18.3 Å². The lowest BCUT2D eigenvalue weighted by atomic mass is 9.70. The van der Waals surface area contributed by atoms with E-state index >= 15 is 0 Å². The molecule has 160 valence electrons. The average molecular weight is 423 g/mol. The van der Waals surface area contributed by atoms with Crippen LogP contribution in [0.3, 0.4) is 0 Å². The first kappa shape index (κ1) is 21.6. The molecular weight excluding hydrogens is 392 g/mol. The van der Waals surface area contributed by atoms with Gasteiger partial charge in [0.25, 0.3) is 5.91 Å². The number of pyridine rings is 1. The number of aromatic nitrogens is 2. The van der Waals surface area contributed by atoms with E-state index in [2.05, 4.69) is 22.2 Å². The maximum atomic E-state index is 12.6. The molecule has 0 bridgehead atoms. The van der Waals surface area contributed by atoms with E-state index in [0.29, 0.717) is 35.5 Å². The number of hydrogen-bond donors (Lipinski definition) is 4. The Morgan fingerprint density at radius 2 is 2.17 bits per heavy atom. The molecule has 8 nitrogen and oxygen atoms in total. The Bertz CT molecular complexity index is 1000. The summed E-state index contributed by atoms with van der Waals surface area (Å²) >= 11 is 0. The molecule has 3 rings (SSSR count). The minimum atomic E-state index is -3.70. The summed E-state index contributed by atoms with van der Waals surface area (Å²) in [6.45, 7) is 6.20. The van der Waals surface area contributed by atoms with Crippen molar-refractivity contribution in [3.8, 4) is 0 Å². The predicted octanol–water partition coefficient (Wildman–Crippen LogP) is 2.63. The number of carbonyl (C=O) groups excluding carboxylic acids is 1. The molecule has 2 aromatic heterocycles. The zero-order chi connectivity index (χ0) is 21.4. The second kappa shape index (κ2) is 7.95. The van der Waals surface area contributed by atoms with E-state index in [-0.39, 0.29) is 17.5 Å². The number of H-pyrrole nitrogens is 1.